The van der Waals surface area contributed by atoms with E-state index in [1.165, 1.54) is 18.2 Å². The molecule has 0 aliphatic carbocycles. The van der Waals surface area contributed by atoms with Crippen molar-refractivity contribution in [3.8, 4) is 0 Å². The molecule has 6 nitrogen and oxygen atoms in total. The summed E-state index contributed by atoms with van der Waals surface area (Å²) < 4.78 is 26.1. The van der Waals surface area contributed by atoms with Gasteiger partial charge in [0.15, 0.2) is 0 Å². The van der Waals surface area contributed by atoms with E-state index in [0.29, 0.717) is 4.48 Å². The molecule has 0 radical (unpaired) electrons. The Balaban J connectivity index is 3.03. The van der Waals surface area contributed by atoms with E-state index in [4.69, 9.17) is 0 Å². The van der Waals surface area contributed by atoms with Crippen molar-refractivity contribution in [3.63, 3.8) is 0 Å². The van der Waals surface area contributed by atoms with Gasteiger partial charge in [0.2, 0.25) is 10.0 Å². The van der Waals surface area contributed by atoms with Crippen LogP contribution in [0.1, 0.15) is 0 Å². The van der Waals surface area contributed by atoms with Crippen molar-refractivity contribution >= 4 is 31.6 Å². The van der Waals surface area contributed by atoms with Crippen molar-refractivity contribution in [2.75, 3.05) is 6.54 Å². The van der Waals surface area contributed by atoms with Crippen molar-refractivity contribution in [2.24, 2.45) is 0 Å². The van der Waals surface area contributed by atoms with Crippen LogP contribution in [-0.4, -0.2) is 19.9 Å². The lowest BCUT2D eigenvalue weighted by Gasteiger charge is -2.05. The number of benzene rings is 1. The van der Waals surface area contributed by atoms with Gasteiger partial charge in [-0.15, -0.1) is 0 Å². The SMILES string of the molecule is C=C(Br)CNS(=O)(=O)c1cccc([N+](=O)[O-])c1. The van der Waals surface area contributed by atoms with Crippen LogP contribution >= 0.6 is 15.9 Å². The van der Waals surface area contributed by atoms with E-state index in [1.807, 2.05) is 0 Å². The Morgan fingerprint density at radius 1 is 1.53 bits per heavy atom. The third-order valence-electron chi connectivity index (χ3n) is 1.79. The van der Waals surface area contributed by atoms with Crippen LogP contribution in [0.25, 0.3) is 0 Å². The average Bonchev–Trinajstić information content (AvgIpc) is 2.27. The van der Waals surface area contributed by atoms with E-state index in [1.54, 1.807) is 0 Å². The van der Waals surface area contributed by atoms with Gasteiger partial charge in [-0.3, -0.25) is 10.1 Å². The molecular formula is C9H9BrN2O4S. The first-order valence-electron chi connectivity index (χ1n) is 4.40. The van der Waals surface area contributed by atoms with Crippen molar-refractivity contribution in [1.82, 2.24) is 4.72 Å². The molecule has 1 N–H and O–H groups in total. The van der Waals surface area contributed by atoms with E-state index in [0.717, 1.165) is 6.07 Å². The molecule has 0 aliphatic heterocycles. The largest absolute Gasteiger partial charge is 0.270 e. The second kappa shape index (κ2) is 5.39. The Labute approximate surface area is 107 Å². The number of non-ortho nitro benzene ring substituents is 1. The first-order chi connectivity index (χ1) is 7.83. The molecule has 17 heavy (non-hydrogen) atoms. The molecule has 0 atom stereocenters. The fourth-order valence-corrected chi connectivity index (χ4v) is 2.41. The molecule has 0 bridgehead atoms. The Morgan fingerprint density at radius 3 is 2.71 bits per heavy atom. The molecular weight excluding hydrogens is 312 g/mol. The summed E-state index contributed by atoms with van der Waals surface area (Å²) in [6.07, 6.45) is 0. The zero-order valence-electron chi connectivity index (χ0n) is 8.59. The van der Waals surface area contributed by atoms with Crippen LogP contribution in [0.5, 0.6) is 0 Å². The quantitative estimate of drug-likeness (QED) is 0.661. The number of nitrogens with zero attached hydrogens (tertiary/aromatic N) is 1. The van der Waals surface area contributed by atoms with Crippen molar-refractivity contribution in [1.29, 1.82) is 0 Å². The molecule has 0 heterocycles. The van der Waals surface area contributed by atoms with Gasteiger partial charge in [0, 0.05) is 23.2 Å². The first-order valence-corrected chi connectivity index (χ1v) is 6.68. The number of hydrogen-bond donors (Lipinski definition) is 1. The number of hydrogen-bond acceptors (Lipinski definition) is 4. The highest BCUT2D eigenvalue weighted by Crippen LogP contribution is 2.17. The van der Waals surface area contributed by atoms with Crippen LogP contribution in [0.4, 0.5) is 5.69 Å². The highest BCUT2D eigenvalue weighted by molar-refractivity contribution is 9.11. The number of rotatable bonds is 5. The summed E-state index contributed by atoms with van der Waals surface area (Å²) in [5, 5.41) is 10.5. The van der Waals surface area contributed by atoms with Gasteiger partial charge < -0.3 is 0 Å². The summed E-state index contributed by atoms with van der Waals surface area (Å²) >= 11 is 3.01. The molecule has 0 fully saturated rings. The van der Waals surface area contributed by atoms with Gasteiger partial charge in [-0.25, -0.2) is 13.1 Å². The third-order valence-corrected chi connectivity index (χ3v) is 3.47. The highest BCUT2D eigenvalue weighted by atomic mass is 79.9. The summed E-state index contributed by atoms with van der Waals surface area (Å²) in [4.78, 5) is 9.71. The second-order valence-electron chi connectivity index (χ2n) is 3.10. The molecule has 1 aromatic rings. The predicted octanol–water partition coefficient (Wildman–Crippen LogP) is 1.78. The normalized spacial score (nSPS) is 11.1. The van der Waals surface area contributed by atoms with Crippen molar-refractivity contribution in [2.45, 2.75) is 4.90 Å². The molecule has 1 rings (SSSR count). The minimum Gasteiger partial charge on any atom is -0.258 e. The number of halogens is 1. The Morgan fingerprint density at radius 2 is 2.18 bits per heavy atom. The van der Waals surface area contributed by atoms with Crippen molar-refractivity contribution < 1.29 is 13.3 Å². The molecule has 0 aromatic heterocycles. The van der Waals surface area contributed by atoms with Crippen molar-refractivity contribution in [3.05, 3.63) is 45.4 Å². The van der Waals surface area contributed by atoms with Crippen LogP contribution < -0.4 is 4.72 Å². The van der Waals surface area contributed by atoms with E-state index in [-0.39, 0.29) is 17.1 Å². The maximum atomic E-state index is 11.7. The lowest BCUT2D eigenvalue weighted by Crippen LogP contribution is -2.24. The number of nitrogens with one attached hydrogen (secondary N) is 1. The zero-order chi connectivity index (χ0) is 13.1. The molecule has 1 aromatic carbocycles. The van der Waals surface area contributed by atoms with Gasteiger partial charge >= 0.3 is 0 Å². The fraction of sp³-hybridized carbons (Fsp3) is 0.111. The third kappa shape index (κ3) is 3.91. The monoisotopic (exact) mass is 320 g/mol. The van der Waals surface area contributed by atoms with Crippen LogP contribution in [0.3, 0.4) is 0 Å². The summed E-state index contributed by atoms with van der Waals surface area (Å²) in [5.74, 6) is 0. The van der Waals surface area contributed by atoms with E-state index in [9.17, 15) is 18.5 Å². The first kappa shape index (κ1) is 13.8. The average molecular weight is 321 g/mol. The standard InChI is InChI=1S/C9H9BrN2O4S/c1-7(10)6-11-17(15,16)9-4-2-3-8(5-9)12(13)14/h2-5,11H,1,6H2. The van der Waals surface area contributed by atoms with Gasteiger partial charge in [0.25, 0.3) is 5.69 Å². The number of nitro benzene ring substituents is 1. The van der Waals surface area contributed by atoms with E-state index in [2.05, 4.69) is 27.2 Å². The summed E-state index contributed by atoms with van der Waals surface area (Å²) in [5.41, 5.74) is -0.273. The Hall–Kier alpha value is -1.25. The molecule has 8 heteroatoms. The van der Waals surface area contributed by atoms with Gasteiger partial charge in [-0.05, 0) is 6.07 Å². The second-order valence-corrected chi connectivity index (χ2v) is 5.98. The van der Waals surface area contributed by atoms with E-state index < -0.39 is 14.9 Å². The van der Waals surface area contributed by atoms with Gasteiger partial charge in [0.05, 0.1) is 9.82 Å². The van der Waals surface area contributed by atoms with Crippen LogP contribution in [0.15, 0.2) is 40.2 Å². The maximum Gasteiger partial charge on any atom is 0.270 e. The summed E-state index contributed by atoms with van der Waals surface area (Å²) in [6, 6.07) is 4.82. The van der Waals surface area contributed by atoms with Gasteiger partial charge in [-0.1, -0.05) is 28.6 Å². The van der Waals surface area contributed by atoms with Crippen LogP contribution in [-0.2, 0) is 10.0 Å². The van der Waals surface area contributed by atoms with Crippen LogP contribution in [0.2, 0.25) is 0 Å². The summed E-state index contributed by atoms with van der Waals surface area (Å²) in [6.45, 7) is 3.50. The number of nitro groups is 1. The maximum absolute atomic E-state index is 11.7. The lowest BCUT2D eigenvalue weighted by atomic mass is 10.3. The zero-order valence-corrected chi connectivity index (χ0v) is 11.0. The fourth-order valence-electron chi connectivity index (χ4n) is 1.02. The molecule has 0 unspecified atom stereocenters. The smallest absolute Gasteiger partial charge is 0.258 e. The molecule has 92 valence electrons. The number of sulfonamides is 1. The topological polar surface area (TPSA) is 89.3 Å². The molecule has 0 saturated carbocycles. The van der Waals surface area contributed by atoms with E-state index >= 15 is 0 Å². The molecule has 0 saturated heterocycles. The van der Waals surface area contributed by atoms with Crippen LogP contribution in [0, 0.1) is 10.1 Å². The summed E-state index contributed by atoms with van der Waals surface area (Å²) in [7, 11) is -3.76. The molecule has 0 spiro atoms. The Bertz CT molecular complexity index is 556. The minimum absolute atomic E-state index is 0.0189. The molecule has 0 amide bonds. The van der Waals surface area contributed by atoms with Gasteiger partial charge in [0.1, 0.15) is 0 Å². The highest BCUT2D eigenvalue weighted by Gasteiger charge is 2.16. The van der Waals surface area contributed by atoms with Gasteiger partial charge in [-0.2, -0.15) is 0 Å². The molecule has 0 aliphatic rings. The lowest BCUT2D eigenvalue weighted by molar-refractivity contribution is -0.385. The Kier molecular flexibility index (Phi) is 4.38. The minimum atomic E-state index is -3.76. The predicted molar refractivity (Wildman–Crippen MR) is 66.4 cm³/mol.